The van der Waals surface area contributed by atoms with Gasteiger partial charge in [-0.3, -0.25) is 0 Å². The second-order valence-electron chi connectivity index (χ2n) is 3.82. The van der Waals surface area contributed by atoms with Gasteiger partial charge < -0.3 is 5.11 Å². The van der Waals surface area contributed by atoms with Gasteiger partial charge in [0, 0.05) is 5.56 Å². The van der Waals surface area contributed by atoms with Gasteiger partial charge in [-0.2, -0.15) is 13.2 Å². The van der Waals surface area contributed by atoms with E-state index in [-0.39, 0.29) is 11.3 Å². The van der Waals surface area contributed by atoms with E-state index in [1.807, 2.05) is 0 Å². The van der Waals surface area contributed by atoms with E-state index in [9.17, 15) is 22.4 Å². The first-order valence-corrected chi connectivity index (χ1v) is 5.21. The molecule has 1 N–H and O–H groups in total. The molecule has 0 unspecified atom stereocenters. The van der Waals surface area contributed by atoms with Gasteiger partial charge in [0.05, 0.1) is 11.3 Å². The third kappa shape index (κ3) is 2.90. The maximum atomic E-state index is 13.2. The standard InChI is InChI=1S/C12H6F4N2O2/c13-8-2-6(1-7(3-8)12(14,15)16)9-4-10(11(19)20)18-5-17-9/h1-5H,(H,19,20). The number of alkyl halides is 3. The smallest absolute Gasteiger partial charge is 0.416 e. The third-order valence-corrected chi connectivity index (χ3v) is 2.41. The van der Waals surface area contributed by atoms with Crippen LogP contribution in [0.25, 0.3) is 11.3 Å². The summed E-state index contributed by atoms with van der Waals surface area (Å²) >= 11 is 0. The van der Waals surface area contributed by atoms with Crippen molar-refractivity contribution < 1.29 is 27.5 Å². The lowest BCUT2D eigenvalue weighted by atomic mass is 10.1. The number of aromatic nitrogens is 2. The number of carboxylic acids is 1. The predicted molar refractivity (Wildman–Crippen MR) is 59.4 cm³/mol. The number of hydrogen-bond donors (Lipinski definition) is 1. The number of nitrogens with zero attached hydrogens (tertiary/aromatic N) is 2. The number of aromatic carboxylic acids is 1. The van der Waals surface area contributed by atoms with E-state index in [0.717, 1.165) is 18.5 Å². The zero-order valence-electron chi connectivity index (χ0n) is 9.65. The summed E-state index contributed by atoms with van der Waals surface area (Å²) in [6.07, 6.45) is -3.82. The van der Waals surface area contributed by atoms with Crippen LogP contribution in [-0.2, 0) is 6.18 Å². The molecule has 0 spiro atoms. The second-order valence-corrected chi connectivity index (χ2v) is 3.82. The van der Waals surface area contributed by atoms with E-state index in [2.05, 4.69) is 9.97 Å². The summed E-state index contributed by atoms with van der Waals surface area (Å²) in [5, 5.41) is 8.75. The van der Waals surface area contributed by atoms with Crippen molar-refractivity contribution in [3.63, 3.8) is 0 Å². The molecule has 104 valence electrons. The van der Waals surface area contributed by atoms with E-state index in [1.54, 1.807) is 0 Å². The summed E-state index contributed by atoms with van der Waals surface area (Å²) in [6.45, 7) is 0. The van der Waals surface area contributed by atoms with Gasteiger partial charge in [-0.05, 0) is 24.3 Å². The van der Waals surface area contributed by atoms with Gasteiger partial charge >= 0.3 is 12.1 Å². The highest BCUT2D eigenvalue weighted by Gasteiger charge is 2.31. The van der Waals surface area contributed by atoms with E-state index in [4.69, 9.17) is 5.11 Å². The minimum absolute atomic E-state index is 0.109. The lowest BCUT2D eigenvalue weighted by Crippen LogP contribution is -2.06. The topological polar surface area (TPSA) is 63.1 Å². The summed E-state index contributed by atoms with van der Waals surface area (Å²) in [7, 11) is 0. The molecule has 0 aliphatic heterocycles. The molecular formula is C12H6F4N2O2. The Kier molecular flexibility index (Phi) is 3.39. The van der Waals surface area contributed by atoms with Gasteiger partial charge in [0.15, 0.2) is 5.69 Å². The minimum Gasteiger partial charge on any atom is -0.477 e. The first kappa shape index (κ1) is 13.9. The van der Waals surface area contributed by atoms with E-state index >= 15 is 0 Å². The molecule has 8 heteroatoms. The van der Waals surface area contributed by atoms with Crippen LogP contribution in [0.1, 0.15) is 16.1 Å². The summed E-state index contributed by atoms with van der Waals surface area (Å²) < 4.78 is 51.0. The number of benzene rings is 1. The van der Waals surface area contributed by atoms with Gasteiger partial charge in [-0.25, -0.2) is 19.2 Å². The van der Waals surface area contributed by atoms with Crippen LogP contribution in [0.4, 0.5) is 17.6 Å². The van der Waals surface area contributed by atoms with Crippen molar-refractivity contribution in [2.45, 2.75) is 6.18 Å². The monoisotopic (exact) mass is 286 g/mol. The molecule has 1 aromatic heterocycles. The molecule has 0 saturated heterocycles. The third-order valence-electron chi connectivity index (χ3n) is 2.41. The second kappa shape index (κ2) is 4.87. The average Bonchev–Trinajstić information content (AvgIpc) is 2.37. The van der Waals surface area contributed by atoms with Crippen molar-refractivity contribution in [3.05, 3.63) is 47.7 Å². The Morgan fingerprint density at radius 2 is 1.80 bits per heavy atom. The molecule has 4 nitrogen and oxygen atoms in total. The molecule has 0 radical (unpaired) electrons. The lowest BCUT2D eigenvalue weighted by molar-refractivity contribution is -0.137. The fourth-order valence-electron chi connectivity index (χ4n) is 1.53. The van der Waals surface area contributed by atoms with Crippen molar-refractivity contribution in [3.8, 4) is 11.3 Å². The Labute approximate surface area is 109 Å². The fraction of sp³-hybridized carbons (Fsp3) is 0.0833. The lowest BCUT2D eigenvalue weighted by Gasteiger charge is -2.09. The molecule has 0 amide bonds. The summed E-state index contributed by atoms with van der Waals surface area (Å²) in [5.41, 5.74) is -1.86. The van der Waals surface area contributed by atoms with Crippen LogP contribution in [0, 0.1) is 5.82 Å². The van der Waals surface area contributed by atoms with E-state index in [1.165, 1.54) is 0 Å². The summed E-state index contributed by atoms with van der Waals surface area (Å²) in [6, 6.07) is 2.85. The molecule has 0 bridgehead atoms. The normalized spacial score (nSPS) is 11.4. The SMILES string of the molecule is O=C(O)c1cc(-c2cc(F)cc(C(F)(F)F)c2)ncn1. The van der Waals surface area contributed by atoms with Crippen LogP contribution in [-0.4, -0.2) is 21.0 Å². The summed E-state index contributed by atoms with van der Waals surface area (Å²) in [4.78, 5) is 17.8. The highest BCUT2D eigenvalue weighted by molar-refractivity contribution is 5.86. The van der Waals surface area contributed by atoms with Crippen LogP contribution in [0.2, 0.25) is 0 Å². The molecule has 0 fully saturated rings. The van der Waals surface area contributed by atoms with Crippen LogP contribution in [0.15, 0.2) is 30.6 Å². The zero-order chi connectivity index (χ0) is 14.9. The highest BCUT2D eigenvalue weighted by atomic mass is 19.4. The number of carboxylic acid groups (broad SMARTS) is 1. The zero-order valence-corrected chi connectivity index (χ0v) is 9.65. The Morgan fingerprint density at radius 1 is 1.10 bits per heavy atom. The van der Waals surface area contributed by atoms with Gasteiger partial charge in [0.1, 0.15) is 12.1 Å². The molecule has 2 rings (SSSR count). The predicted octanol–water partition coefficient (Wildman–Crippen LogP) is 3.00. The molecule has 1 heterocycles. The number of rotatable bonds is 2. The van der Waals surface area contributed by atoms with Crippen molar-refractivity contribution in [1.29, 1.82) is 0 Å². The van der Waals surface area contributed by atoms with Gasteiger partial charge in [0.2, 0.25) is 0 Å². The van der Waals surface area contributed by atoms with Gasteiger partial charge in [-0.1, -0.05) is 0 Å². The van der Waals surface area contributed by atoms with Crippen molar-refractivity contribution in [2.24, 2.45) is 0 Å². The summed E-state index contributed by atoms with van der Waals surface area (Å²) in [5.74, 6) is -2.45. The molecule has 0 atom stereocenters. The maximum Gasteiger partial charge on any atom is 0.416 e. The number of carbonyl (C=O) groups is 1. The Bertz CT molecular complexity index is 671. The molecule has 20 heavy (non-hydrogen) atoms. The van der Waals surface area contributed by atoms with Crippen LogP contribution in [0.5, 0.6) is 0 Å². The van der Waals surface area contributed by atoms with Crippen LogP contribution >= 0.6 is 0 Å². The fourth-order valence-corrected chi connectivity index (χ4v) is 1.53. The van der Waals surface area contributed by atoms with Crippen LogP contribution in [0.3, 0.4) is 0 Å². The van der Waals surface area contributed by atoms with Gasteiger partial charge in [-0.15, -0.1) is 0 Å². The molecule has 1 aromatic carbocycles. The van der Waals surface area contributed by atoms with E-state index < -0.39 is 29.2 Å². The van der Waals surface area contributed by atoms with Crippen LogP contribution < -0.4 is 0 Å². The van der Waals surface area contributed by atoms with Gasteiger partial charge in [0.25, 0.3) is 0 Å². The maximum absolute atomic E-state index is 13.2. The van der Waals surface area contributed by atoms with E-state index in [0.29, 0.717) is 12.1 Å². The number of halogens is 4. The largest absolute Gasteiger partial charge is 0.477 e. The molecule has 0 aliphatic carbocycles. The molecule has 0 saturated carbocycles. The Balaban J connectivity index is 2.55. The van der Waals surface area contributed by atoms with Crippen molar-refractivity contribution in [2.75, 3.05) is 0 Å². The quantitative estimate of drug-likeness (QED) is 0.862. The van der Waals surface area contributed by atoms with Crippen molar-refractivity contribution in [1.82, 2.24) is 9.97 Å². The average molecular weight is 286 g/mol. The van der Waals surface area contributed by atoms with Crippen molar-refractivity contribution >= 4 is 5.97 Å². The minimum atomic E-state index is -4.71. The Morgan fingerprint density at radius 3 is 2.40 bits per heavy atom. The highest BCUT2D eigenvalue weighted by Crippen LogP contribution is 2.32. The first-order chi connectivity index (χ1) is 9.27. The molecule has 2 aromatic rings. The Hall–Kier alpha value is -2.51. The number of hydrogen-bond acceptors (Lipinski definition) is 3. The molecule has 0 aliphatic rings. The first-order valence-electron chi connectivity index (χ1n) is 5.21. The molecular weight excluding hydrogens is 280 g/mol.